The Kier molecular flexibility index (Phi) is 7.48. The maximum atomic E-state index is 11.6. The molecule has 4 heteroatoms. The zero-order valence-corrected chi connectivity index (χ0v) is 15.3. The van der Waals surface area contributed by atoms with E-state index in [1.165, 1.54) is 11.1 Å². The Hall–Kier alpha value is -2.33. The normalized spacial score (nSPS) is 10.7. The van der Waals surface area contributed by atoms with Gasteiger partial charge in [-0.25, -0.2) is 0 Å². The molecule has 25 heavy (non-hydrogen) atoms. The standard InChI is InChI=1S/C21H28N2O2/c1-4-5-21(24)23-19-10-6-17(7-11-19)14-22-15-18-8-12-20(13-9-18)25-16(2)3/h6-13,16,22H,4-5,14-15H2,1-3H3,(H,23,24). The van der Waals surface area contributed by atoms with Crippen LogP contribution in [0.4, 0.5) is 5.69 Å². The first-order valence-corrected chi connectivity index (χ1v) is 8.92. The second-order valence-corrected chi connectivity index (χ2v) is 6.41. The fraction of sp³-hybridized carbons (Fsp3) is 0.381. The Balaban J connectivity index is 1.76. The predicted octanol–water partition coefficient (Wildman–Crippen LogP) is 4.50. The molecule has 0 aliphatic rings. The molecule has 0 spiro atoms. The Bertz CT molecular complexity index is 649. The first kappa shape index (κ1) is 19.0. The van der Waals surface area contributed by atoms with Crippen molar-refractivity contribution in [1.29, 1.82) is 0 Å². The molecule has 0 aliphatic heterocycles. The molecule has 0 heterocycles. The van der Waals surface area contributed by atoms with E-state index in [-0.39, 0.29) is 12.0 Å². The van der Waals surface area contributed by atoms with Crippen LogP contribution in [0, 0.1) is 0 Å². The molecule has 0 unspecified atom stereocenters. The summed E-state index contributed by atoms with van der Waals surface area (Å²) in [7, 11) is 0. The number of ether oxygens (including phenoxy) is 1. The fourth-order valence-electron chi connectivity index (χ4n) is 2.47. The fourth-order valence-corrected chi connectivity index (χ4v) is 2.47. The van der Waals surface area contributed by atoms with Gasteiger partial charge in [-0.1, -0.05) is 31.2 Å². The third-order valence-corrected chi connectivity index (χ3v) is 3.67. The number of anilines is 1. The summed E-state index contributed by atoms with van der Waals surface area (Å²) in [4.78, 5) is 11.6. The molecule has 0 bridgehead atoms. The zero-order chi connectivity index (χ0) is 18.1. The van der Waals surface area contributed by atoms with Gasteiger partial charge in [-0.05, 0) is 55.7 Å². The Labute approximate surface area is 150 Å². The van der Waals surface area contributed by atoms with Crippen molar-refractivity contribution in [2.45, 2.75) is 52.8 Å². The van der Waals surface area contributed by atoms with E-state index in [4.69, 9.17) is 4.74 Å². The lowest BCUT2D eigenvalue weighted by molar-refractivity contribution is -0.116. The van der Waals surface area contributed by atoms with E-state index in [0.29, 0.717) is 6.42 Å². The molecule has 0 radical (unpaired) electrons. The van der Waals surface area contributed by atoms with Crippen LogP contribution in [-0.2, 0) is 17.9 Å². The summed E-state index contributed by atoms with van der Waals surface area (Å²) < 4.78 is 5.65. The van der Waals surface area contributed by atoms with E-state index in [0.717, 1.165) is 30.9 Å². The molecule has 2 rings (SSSR count). The van der Waals surface area contributed by atoms with Gasteiger partial charge >= 0.3 is 0 Å². The zero-order valence-electron chi connectivity index (χ0n) is 15.3. The predicted molar refractivity (Wildman–Crippen MR) is 103 cm³/mol. The molecule has 0 saturated heterocycles. The van der Waals surface area contributed by atoms with Gasteiger partial charge in [-0.3, -0.25) is 4.79 Å². The number of benzene rings is 2. The summed E-state index contributed by atoms with van der Waals surface area (Å²) in [5.74, 6) is 0.970. The lowest BCUT2D eigenvalue weighted by Gasteiger charge is -2.11. The van der Waals surface area contributed by atoms with Crippen molar-refractivity contribution in [2.24, 2.45) is 0 Å². The number of hydrogen-bond acceptors (Lipinski definition) is 3. The van der Waals surface area contributed by atoms with E-state index < -0.39 is 0 Å². The van der Waals surface area contributed by atoms with Crippen LogP contribution < -0.4 is 15.4 Å². The second kappa shape index (κ2) is 9.84. The SMILES string of the molecule is CCCC(=O)Nc1ccc(CNCc2ccc(OC(C)C)cc2)cc1. The van der Waals surface area contributed by atoms with Crippen molar-refractivity contribution < 1.29 is 9.53 Å². The lowest BCUT2D eigenvalue weighted by atomic mass is 10.2. The molecule has 0 atom stereocenters. The topological polar surface area (TPSA) is 50.4 Å². The highest BCUT2D eigenvalue weighted by Gasteiger charge is 2.01. The van der Waals surface area contributed by atoms with Gasteiger partial charge in [0.15, 0.2) is 0 Å². The van der Waals surface area contributed by atoms with Gasteiger partial charge in [-0.2, -0.15) is 0 Å². The Morgan fingerprint density at radius 2 is 1.52 bits per heavy atom. The molecule has 2 aromatic rings. The first-order valence-electron chi connectivity index (χ1n) is 8.92. The summed E-state index contributed by atoms with van der Waals surface area (Å²) in [6, 6.07) is 16.1. The van der Waals surface area contributed by atoms with Crippen LogP contribution in [0.1, 0.15) is 44.7 Å². The van der Waals surface area contributed by atoms with Crippen LogP contribution in [-0.4, -0.2) is 12.0 Å². The molecule has 2 aromatic carbocycles. The van der Waals surface area contributed by atoms with Gasteiger partial charge in [0.25, 0.3) is 0 Å². The monoisotopic (exact) mass is 340 g/mol. The molecule has 2 N–H and O–H groups in total. The van der Waals surface area contributed by atoms with Gasteiger partial charge < -0.3 is 15.4 Å². The Morgan fingerprint density at radius 1 is 0.960 bits per heavy atom. The van der Waals surface area contributed by atoms with Gasteiger partial charge in [0.05, 0.1) is 6.10 Å². The van der Waals surface area contributed by atoms with Crippen molar-refractivity contribution in [3.05, 3.63) is 59.7 Å². The van der Waals surface area contributed by atoms with Crippen LogP contribution in [0.2, 0.25) is 0 Å². The number of hydrogen-bond donors (Lipinski definition) is 2. The smallest absolute Gasteiger partial charge is 0.224 e. The maximum absolute atomic E-state index is 11.6. The van der Waals surface area contributed by atoms with E-state index in [9.17, 15) is 4.79 Å². The molecule has 0 saturated carbocycles. The number of carbonyl (C=O) groups is 1. The van der Waals surface area contributed by atoms with Gasteiger partial charge in [0.2, 0.25) is 5.91 Å². The minimum Gasteiger partial charge on any atom is -0.491 e. The summed E-state index contributed by atoms with van der Waals surface area (Å²) in [5.41, 5.74) is 3.26. The van der Waals surface area contributed by atoms with Gasteiger partial charge in [0, 0.05) is 25.2 Å². The number of nitrogens with one attached hydrogen (secondary N) is 2. The number of rotatable bonds is 9. The third-order valence-electron chi connectivity index (χ3n) is 3.67. The largest absolute Gasteiger partial charge is 0.491 e. The summed E-state index contributed by atoms with van der Waals surface area (Å²) in [5, 5.41) is 6.33. The molecule has 0 fully saturated rings. The summed E-state index contributed by atoms with van der Waals surface area (Å²) in [6.45, 7) is 7.63. The Morgan fingerprint density at radius 3 is 2.04 bits per heavy atom. The van der Waals surface area contributed by atoms with Crippen LogP contribution in [0.3, 0.4) is 0 Å². The quantitative estimate of drug-likeness (QED) is 0.706. The van der Waals surface area contributed by atoms with Gasteiger partial charge in [0.1, 0.15) is 5.75 Å². The minimum atomic E-state index is 0.0678. The molecular formula is C21H28N2O2. The van der Waals surface area contributed by atoms with E-state index in [1.54, 1.807) is 0 Å². The van der Waals surface area contributed by atoms with Crippen LogP contribution in [0.5, 0.6) is 5.75 Å². The highest BCUT2D eigenvalue weighted by atomic mass is 16.5. The van der Waals surface area contributed by atoms with Crippen molar-refractivity contribution >= 4 is 11.6 Å². The van der Waals surface area contributed by atoms with Crippen molar-refractivity contribution in [1.82, 2.24) is 5.32 Å². The van der Waals surface area contributed by atoms with E-state index in [1.807, 2.05) is 57.2 Å². The van der Waals surface area contributed by atoms with Crippen LogP contribution in [0.25, 0.3) is 0 Å². The van der Waals surface area contributed by atoms with Crippen molar-refractivity contribution in [2.75, 3.05) is 5.32 Å². The van der Waals surface area contributed by atoms with E-state index >= 15 is 0 Å². The minimum absolute atomic E-state index is 0.0678. The molecule has 0 aliphatic carbocycles. The van der Waals surface area contributed by atoms with E-state index in [2.05, 4.69) is 22.8 Å². The second-order valence-electron chi connectivity index (χ2n) is 6.41. The summed E-state index contributed by atoms with van der Waals surface area (Å²) in [6.07, 6.45) is 1.61. The highest BCUT2D eigenvalue weighted by molar-refractivity contribution is 5.90. The maximum Gasteiger partial charge on any atom is 0.224 e. The molecular weight excluding hydrogens is 312 g/mol. The number of amides is 1. The van der Waals surface area contributed by atoms with Crippen molar-refractivity contribution in [3.8, 4) is 5.75 Å². The molecule has 4 nitrogen and oxygen atoms in total. The lowest BCUT2D eigenvalue weighted by Crippen LogP contribution is -2.13. The van der Waals surface area contributed by atoms with Crippen molar-refractivity contribution in [3.63, 3.8) is 0 Å². The molecule has 1 amide bonds. The van der Waals surface area contributed by atoms with Crippen LogP contribution >= 0.6 is 0 Å². The van der Waals surface area contributed by atoms with Gasteiger partial charge in [-0.15, -0.1) is 0 Å². The summed E-state index contributed by atoms with van der Waals surface area (Å²) >= 11 is 0. The highest BCUT2D eigenvalue weighted by Crippen LogP contribution is 2.14. The first-order chi connectivity index (χ1) is 12.1. The number of carbonyl (C=O) groups excluding carboxylic acids is 1. The van der Waals surface area contributed by atoms with Crippen LogP contribution in [0.15, 0.2) is 48.5 Å². The molecule has 0 aromatic heterocycles. The average Bonchev–Trinajstić information content (AvgIpc) is 2.58. The third kappa shape index (κ3) is 6.98. The average molecular weight is 340 g/mol. The molecule has 134 valence electrons.